The molecule has 0 spiro atoms. The number of benzene rings is 1. The Morgan fingerprint density at radius 3 is 2.79 bits per heavy atom. The number of aromatic nitrogens is 1. The average Bonchev–Trinajstić information content (AvgIpc) is 2.88. The van der Waals surface area contributed by atoms with E-state index in [1.807, 2.05) is 0 Å². The first-order chi connectivity index (χ1) is 9.29. The number of methoxy groups -OCH3 is 1. The molecule has 19 heavy (non-hydrogen) atoms. The Morgan fingerprint density at radius 2 is 2.05 bits per heavy atom. The number of nitrogens with one attached hydrogen (secondary N) is 1. The first-order valence-corrected chi connectivity index (χ1v) is 6.20. The minimum atomic E-state index is -0.258. The van der Waals surface area contributed by atoms with E-state index in [2.05, 4.69) is 10.3 Å². The molecular formula is C14H17FN2O2. The summed E-state index contributed by atoms with van der Waals surface area (Å²) in [4.78, 5) is 4.20. The van der Waals surface area contributed by atoms with Crippen molar-refractivity contribution in [2.45, 2.75) is 6.42 Å². The van der Waals surface area contributed by atoms with Gasteiger partial charge in [-0.2, -0.15) is 0 Å². The van der Waals surface area contributed by atoms with Crippen LogP contribution in [0.15, 0.2) is 34.9 Å². The van der Waals surface area contributed by atoms with E-state index in [0.717, 1.165) is 18.7 Å². The lowest BCUT2D eigenvalue weighted by molar-refractivity contribution is 0.199. The van der Waals surface area contributed by atoms with Gasteiger partial charge in [-0.1, -0.05) is 0 Å². The van der Waals surface area contributed by atoms with Gasteiger partial charge in [0.05, 0.1) is 12.8 Å². The summed E-state index contributed by atoms with van der Waals surface area (Å²) in [7, 11) is 1.67. The molecule has 0 bridgehead atoms. The maximum Gasteiger partial charge on any atom is 0.196 e. The van der Waals surface area contributed by atoms with E-state index in [-0.39, 0.29) is 5.82 Å². The number of hydrogen-bond donors (Lipinski definition) is 1. The third-order valence-electron chi connectivity index (χ3n) is 2.68. The zero-order chi connectivity index (χ0) is 13.5. The minimum Gasteiger partial charge on any atom is -0.441 e. The molecule has 1 N–H and O–H groups in total. The largest absolute Gasteiger partial charge is 0.441 e. The van der Waals surface area contributed by atoms with Crippen molar-refractivity contribution >= 4 is 0 Å². The fourth-order valence-corrected chi connectivity index (χ4v) is 1.67. The Labute approximate surface area is 111 Å². The van der Waals surface area contributed by atoms with E-state index in [1.54, 1.807) is 25.4 Å². The first kappa shape index (κ1) is 13.7. The van der Waals surface area contributed by atoms with Gasteiger partial charge in [-0.15, -0.1) is 0 Å². The molecule has 5 heteroatoms. The molecule has 2 rings (SSSR count). The summed E-state index contributed by atoms with van der Waals surface area (Å²) in [6, 6.07) is 6.17. The van der Waals surface area contributed by atoms with Crippen LogP contribution >= 0.6 is 0 Å². The van der Waals surface area contributed by atoms with E-state index in [9.17, 15) is 4.39 Å². The highest BCUT2D eigenvalue weighted by molar-refractivity contribution is 5.55. The molecule has 0 amide bonds. The van der Waals surface area contributed by atoms with Crippen molar-refractivity contribution in [3.63, 3.8) is 0 Å². The van der Waals surface area contributed by atoms with Gasteiger partial charge in [-0.05, 0) is 24.3 Å². The molecule has 0 fully saturated rings. The van der Waals surface area contributed by atoms with Gasteiger partial charge in [0.2, 0.25) is 0 Å². The molecule has 102 valence electrons. The van der Waals surface area contributed by atoms with Crippen LogP contribution in [0, 0.1) is 5.82 Å². The maximum atomic E-state index is 12.8. The standard InChI is InChI=1S/C14H17FN2O2/c1-18-9-8-16-7-6-14-17-10-13(19-14)11-2-4-12(15)5-3-11/h2-5,10,16H,6-9H2,1H3. The van der Waals surface area contributed by atoms with Crippen LogP contribution in [0.1, 0.15) is 5.89 Å². The summed E-state index contributed by atoms with van der Waals surface area (Å²) in [6.45, 7) is 2.28. The van der Waals surface area contributed by atoms with Crippen LogP contribution in [0.5, 0.6) is 0 Å². The molecule has 0 unspecified atom stereocenters. The van der Waals surface area contributed by atoms with E-state index >= 15 is 0 Å². The summed E-state index contributed by atoms with van der Waals surface area (Å²) < 4.78 is 23.4. The lowest BCUT2D eigenvalue weighted by atomic mass is 10.2. The number of nitrogens with zero attached hydrogens (tertiary/aromatic N) is 1. The van der Waals surface area contributed by atoms with Gasteiger partial charge in [0, 0.05) is 32.2 Å². The van der Waals surface area contributed by atoms with Crippen LogP contribution in [0.2, 0.25) is 0 Å². The minimum absolute atomic E-state index is 0.258. The van der Waals surface area contributed by atoms with Gasteiger partial charge >= 0.3 is 0 Å². The van der Waals surface area contributed by atoms with Crippen molar-refractivity contribution in [1.82, 2.24) is 10.3 Å². The Kier molecular flexibility index (Phi) is 5.06. The quantitative estimate of drug-likeness (QED) is 0.779. The molecule has 1 heterocycles. The van der Waals surface area contributed by atoms with Crippen LogP contribution in [0.4, 0.5) is 4.39 Å². The highest BCUT2D eigenvalue weighted by Crippen LogP contribution is 2.20. The Morgan fingerprint density at radius 1 is 1.26 bits per heavy atom. The lowest BCUT2D eigenvalue weighted by Crippen LogP contribution is -2.21. The third-order valence-corrected chi connectivity index (χ3v) is 2.68. The molecule has 4 nitrogen and oxygen atoms in total. The second-order valence-corrected chi connectivity index (χ2v) is 4.12. The number of ether oxygens (including phenoxy) is 1. The van der Waals surface area contributed by atoms with Crippen LogP contribution in [-0.4, -0.2) is 31.8 Å². The highest BCUT2D eigenvalue weighted by atomic mass is 19.1. The SMILES string of the molecule is COCCNCCc1ncc(-c2ccc(F)cc2)o1. The smallest absolute Gasteiger partial charge is 0.196 e. The molecule has 0 aliphatic heterocycles. The molecule has 0 aliphatic rings. The summed E-state index contributed by atoms with van der Waals surface area (Å²) in [5.41, 5.74) is 0.826. The van der Waals surface area contributed by atoms with Crippen molar-refractivity contribution < 1.29 is 13.5 Å². The van der Waals surface area contributed by atoms with E-state index in [4.69, 9.17) is 9.15 Å². The van der Waals surface area contributed by atoms with Crippen molar-refractivity contribution in [2.75, 3.05) is 26.8 Å². The fourth-order valence-electron chi connectivity index (χ4n) is 1.67. The Hall–Kier alpha value is -1.72. The van der Waals surface area contributed by atoms with Crippen molar-refractivity contribution in [3.05, 3.63) is 42.2 Å². The van der Waals surface area contributed by atoms with Gasteiger partial charge in [0.1, 0.15) is 5.82 Å². The Bertz CT molecular complexity index is 496. The van der Waals surface area contributed by atoms with Crippen molar-refractivity contribution in [3.8, 4) is 11.3 Å². The predicted molar refractivity (Wildman–Crippen MR) is 70.3 cm³/mol. The molecule has 0 atom stereocenters. The maximum absolute atomic E-state index is 12.8. The molecule has 1 aromatic carbocycles. The second kappa shape index (κ2) is 7.01. The molecule has 0 saturated heterocycles. The molecule has 0 saturated carbocycles. The van der Waals surface area contributed by atoms with Gasteiger partial charge in [0.15, 0.2) is 11.7 Å². The van der Waals surface area contributed by atoms with Gasteiger partial charge in [0.25, 0.3) is 0 Å². The van der Waals surface area contributed by atoms with Crippen molar-refractivity contribution in [1.29, 1.82) is 0 Å². The van der Waals surface area contributed by atoms with Gasteiger partial charge in [-0.3, -0.25) is 0 Å². The summed E-state index contributed by atoms with van der Waals surface area (Å²) in [6.07, 6.45) is 2.38. The molecular weight excluding hydrogens is 247 g/mol. The zero-order valence-electron chi connectivity index (χ0n) is 10.9. The molecule has 0 radical (unpaired) electrons. The van der Waals surface area contributed by atoms with Crippen LogP contribution in [0.25, 0.3) is 11.3 Å². The predicted octanol–water partition coefficient (Wildman–Crippen LogP) is 2.26. The van der Waals surface area contributed by atoms with Crippen LogP contribution in [-0.2, 0) is 11.2 Å². The highest BCUT2D eigenvalue weighted by Gasteiger charge is 2.06. The number of oxazole rings is 1. The van der Waals surface area contributed by atoms with E-state index in [1.165, 1.54) is 12.1 Å². The third kappa shape index (κ3) is 4.15. The first-order valence-electron chi connectivity index (χ1n) is 6.20. The molecule has 1 aromatic heterocycles. The monoisotopic (exact) mass is 264 g/mol. The van der Waals surface area contributed by atoms with Gasteiger partial charge < -0.3 is 14.5 Å². The number of rotatable bonds is 7. The Balaban J connectivity index is 1.86. The normalized spacial score (nSPS) is 10.8. The summed E-state index contributed by atoms with van der Waals surface area (Å²) in [5, 5.41) is 3.22. The topological polar surface area (TPSA) is 47.3 Å². The fraction of sp³-hybridized carbons (Fsp3) is 0.357. The zero-order valence-corrected chi connectivity index (χ0v) is 10.9. The second-order valence-electron chi connectivity index (χ2n) is 4.12. The number of halogens is 1. The summed E-state index contributed by atoms with van der Waals surface area (Å²) >= 11 is 0. The van der Waals surface area contributed by atoms with Crippen LogP contribution in [0.3, 0.4) is 0 Å². The molecule has 0 aliphatic carbocycles. The van der Waals surface area contributed by atoms with Gasteiger partial charge in [-0.25, -0.2) is 9.37 Å². The van der Waals surface area contributed by atoms with Crippen molar-refractivity contribution in [2.24, 2.45) is 0 Å². The summed E-state index contributed by atoms with van der Waals surface area (Å²) in [5.74, 6) is 1.07. The van der Waals surface area contributed by atoms with Crippen LogP contribution < -0.4 is 5.32 Å². The van der Waals surface area contributed by atoms with E-state index < -0.39 is 0 Å². The number of hydrogen-bond acceptors (Lipinski definition) is 4. The molecule has 2 aromatic rings. The average molecular weight is 264 g/mol. The lowest BCUT2D eigenvalue weighted by Gasteiger charge is -2.01. The van der Waals surface area contributed by atoms with E-state index in [0.29, 0.717) is 24.7 Å².